The van der Waals surface area contributed by atoms with Crippen molar-refractivity contribution in [2.24, 2.45) is 11.6 Å². The number of carbonyl (C=O) groups excluding carboxylic acids is 3. The number of benzene rings is 3. The zero-order valence-electron chi connectivity index (χ0n) is 22.5. The van der Waals surface area contributed by atoms with Crippen LogP contribution in [-0.2, 0) is 22.6 Å². The number of carbonyl (C=O) groups is 3. The molecule has 212 valence electrons. The predicted octanol–water partition coefficient (Wildman–Crippen LogP) is 1.67. The molecule has 7 N–H and O–H groups in total. The molecule has 41 heavy (non-hydrogen) atoms. The van der Waals surface area contributed by atoms with Gasteiger partial charge in [-0.2, -0.15) is 0 Å². The van der Waals surface area contributed by atoms with Crippen LogP contribution in [0.2, 0.25) is 0 Å². The minimum Gasteiger partial charge on any atom is -0.390 e. The van der Waals surface area contributed by atoms with Crippen molar-refractivity contribution in [3.8, 4) is 0 Å². The number of aromatic nitrogens is 1. The maximum Gasteiger partial charge on any atom is 0.270 e. The van der Waals surface area contributed by atoms with Crippen LogP contribution in [0.25, 0.3) is 10.9 Å². The van der Waals surface area contributed by atoms with E-state index >= 15 is 0 Å². The monoisotopic (exact) mass is 554 g/mol. The van der Waals surface area contributed by atoms with E-state index in [0.717, 1.165) is 16.5 Å². The highest BCUT2D eigenvalue weighted by atomic mass is 16.3. The molecule has 0 bridgehead atoms. The van der Waals surface area contributed by atoms with Gasteiger partial charge in [0.15, 0.2) is 0 Å². The third-order valence-corrected chi connectivity index (χ3v) is 6.60. The van der Waals surface area contributed by atoms with Gasteiger partial charge in [-0.15, -0.1) is 0 Å². The maximum absolute atomic E-state index is 13.4. The first-order valence-electron chi connectivity index (χ1n) is 13.3. The first-order chi connectivity index (χ1) is 19.8. The number of pyridine rings is 1. The smallest absolute Gasteiger partial charge is 0.270 e. The molecule has 0 fully saturated rings. The summed E-state index contributed by atoms with van der Waals surface area (Å²) in [4.78, 5) is 42.7. The zero-order chi connectivity index (χ0) is 29.2. The second-order valence-corrected chi connectivity index (χ2v) is 9.87. The highest BCUT2D eigenvalue weighted by Crippen LogP contribution is 2.13. The van der Waals surface area contributed by atoms with E-state index in [-0.39, 0.29) is 18.7 Å². The van der Waals surface area contributed by atoms with Crippen molar-refractivity contribution >= 4 is 28.6 Å². The summed E-state index contributed by atoms with van der Waals surface area (Å²) in [5.74, 6) is 4.14. The molecule has 0 saturated heterocycles. The SMILES string of the molecule is NC(=O)C[C@H](NC(=O)c1ccc2ccccc2n1)C(=O)N[C@@H](Cc1ccccc1)[C@@H](O)CN(N)Cc1ccccc1. The van der Waals surface area contributed by atoms with Crippen LogP contribution in [0.4, 0.5) is 0 Å². The highest BCUT2D eigenvalue weighted by Gasteiger charge is 2.29. The number of rotatable bonds is 13. The molecule has 0 unspecified atom stereocenters. The maximum atomic E-state index is 13.4. The standard InChI is InChI=1S/C31H34N6O4/c32-29(39)18-27(36-30(40)25-16-15-23-13-7-8-14-24(23)34-25)31(41)35-26(17-21-9-3-1-4-10-21)28(38)20-37(33)19-22-11-5-2-6-12-22/h1-16,26-28,38H,17-20,33H2,(H2,32,39)(H,35,41)(H,36,40)/t26-,27-,28-/m0/s1. The van der Waals surface area contributed by atoms with Gasteiger partial charge in [-0.3, -0.25) is 20.2 Å². The molecule has 3 atom stereocenters. The molecule has 0 aliphatic rings. The highest BCUT2D eigenvalue weighted by molar-refractivity contribution is 5.99. The minimum absolute atomic E-state index is 0.0561. The number of aliphatic hydroxyl groups is 1. The Balaban J connectivity index is 1.49. The third kappa shape index (κ3) is 8.67. The molecule has 0 saturated carbocycles. The Morgan fingerprint density at radius 2 is 1.46 bits per heavy atom. The van der Waals surface area contributed by atoms with Crippen LogP contribution in [0, 0.1) is 0 Å². The summed E-state index contributed by atoms with van der Waals surface area (Å²) < 4.78 is 0. The summed E-state index contributed by atoms with van der Waals surface area (Å²) in [5.41, 5.74) is 7.96. The number of hydrogen-bond donors (Lipinski definition) is 5. The molecular formula is C31H34N6O4. The van der Waals surface area contributed by atoms with E-state index in [1.54, 1.807) is 24.3 Å². The number of hydrogen-bond acceptors (Lipinski definition) is 7. The van der Waals surface area contributed by atoms with Crippen molar-refractivity contribution in [1.29, 1.82) is 0 Å². The summed E-state index contributed by atoms with van der Waals surface area (Å²) in [7, 11) is 0. The van der Waals surface area contributed by atoms with Gasteiger partial charge in [0.05, 0.1) is 24.1 Å². The van der Waals surface area contributed by atoms with Gasteiger partial charge in [0.2, 0.25) is 11.8 Å². The third-order valence-electron chi connectivity index (χ3n) is 6.60. The molecule has 10 nitrogen and oxygen atoms in total. The van der Waals surface area contributed by atoms with Gasteiger partial charge in [-0.25, -0.2) is 9.99 Å². The second kappa shape index (κ2) is 14.1. The molecule has 10 heteroatoms. The first-order valence-corrected chi connectivity index (χ1v) is 13.3. The average Bonchev–Trinajstić information content (AvgIpc) is 2.96. The van der Waals surface area contributed by atoms with Crippen molar-refractivity contribution in [2.45, 2.75) is 37.6 Å². The Hall–Kier alpha value is -4.64. The van der Waals surface area contributed by atoms with Gasteiger partial charge < -0.3 is 21.5 Å². The number of aliphatic hydroxyl groups excluding tert-OH is 1. The van der Waals surface area contributed by atoms with Gasteiger partial charge >= 0.3 is 0 Å². The fraction of sp³-hybridized carbons (Fsp3) is 0.226. The van der Waals surface area contributed by atoms with Gasteiger partial charge in [-0.05, 0) is 29.7 Å². The lowest BCUT2D eigenvalue weighted by molar-refractivity contribution is -0.128. The second-order valence-electron chi connectivity index (χ2n) is 9.87. The van der Waals surface area contributed by atoms with Gasteiger partial charge in [0, 0.05) is 18.5 Å². The Labute approximate surface area is 238 Å². The lowest BCUT2D eigenvalue weighted by Crippen LogP contribution is -2.56. The van der Waals surface area contributed by atoms with Crippen molar-refractivity contribution in [3.05, 3.63) is 114 Å². The average molecular weight is 555 g/mol. The largest absolute Gasteiger partial charge is 0.390 e. The molecule has 3 amide bonds. The summed E-state index contributed by atoms with van der Waals surface area (Å²) in [6.07, 6.45) is -1.22. The Bertz CT molecular complexity index is 1470. The van der Waals surface area contributed by atoms with Crippen molar-refractivity contribution in [3.63, 3.8) is 0 Å². The van der Waals surface area contributed by atoms with E-state index in [0.29, 0.717) is 12.1 Å². The Morgan fingerprint density at radius 1 is 0.829 bits per heavy atom. The van der Waals surface area contributed by atoms with E-state index < -0.39 is 42.3 Å². The zero-order valence-corrected chi connectivity index (χ0v) is 22.5. The molecule has 4 aromatic rings. The predicted molar refractivity (Wildman–Crippen MR) is 156 cm³/mol. The molecule has 0 aliphatic carbocycles. The Morgan fingerprint density at radius 3 is 2.15 bits per heavy atom. The Kier molecular flexibility index (Phi) is 10.1. The lowest BCUT2D eigenvalue weighted by Gasteiger charge is -2.29. The van der Waals surface area contributed by atoms with Gasteiger partial charge in [0.1, 0.15) is 11.7 Å². The minimum atomic E-state index is -1.28. The fourth-order valence-electron chi connectivity index (χ4n) is 4.52. The topological polar surface area (TPSA) is 164 Å². The van der Waals surface area contributed by atoms with Crippen LogP contribution in [0.5, 0.6) is 0 Å². The summed E-state index contributed by atoms with van der Waals surface area (Å²) >= 11 is 0. The summed E-state index contributed by atoms with van der Waals surface area (Å²) in [5, 5.41) is 18.9. The number of para-hydroxylation sites is 1. The van der Waals surface area contributed by atoms with Gasteiger partial charge in [-0.1, -0.05) is 84.9 Å². The number of nitrogens with zero attached hydrogens (tertiary/aromatic N) is 2. The van der Waals surface area contributed by atoms with Crippen LogP contribution < -0.4 is 22.2 Å². The normalized spacial score (nSPS) is 13.3. The number of fused-ring (bicyclic) bond motifs is 1. The van der Waals surface area contributed by atoms with Crippen LogP contribution in [-0.4, -0.2) is 57.6 Å². The molecule has 1 aromatic heterocycles. The van der Waals surface area contributed by atoms with Crippen LogP contribution in [0.1, 0.15) is 28.0 Å². The van der Waals surface area contributed by atoms with E-state index in [9.17, 15) is 19.5 Å². The number of nitrogens with two attached hydrogens (primary N) is 2. The summed E-state index contributed by atoms with van der Waals surface area (Å²) in [6, 6.07) is 27.5. The molecule has 3 aromatic carbocycles. The molecule has 0 spiro atoms. The van der Waals surface area contributed by atoms with E-state index in [1.165, 1.54) is 5.01 Å². The lowest BCUT2D eigenvalue weighted by atomic mass is 10.00. The fourth-order valence-corrected chi connectivity index (χ4v) is 4.52. The van der Waals surface area contributed by atoms with Crippen LogP contribution in [0.15, 0.2) is 97.1 Å². The van der Waals surface area contributed by atoms with Crippen molar-refractivity contribution < 1.29 is 19.5 Å². The quantitative estimate of drug-likeness (QED) is 0.124. The van der Waals surface area contributed by atoms with Crippen molar-refractivity contribution in [1.82, 2.24) is 20.6 Å². The van der Waals surface area contributed by atoms with Crippen molar-refractivity contribution in [2.75, 3.05) is 6.54 Å². The molecule has 4 rings (SSSR count). The summed E-state index contributed by atoms with van der Waals surface area (Å²) in [6.45, 7) is 0.448. The molecule has 0 radical (unpaired) electrons. The molecule has 0 aliphatic heterocycles. The number of primary amides is 1. The molecule has 1 heterocycles. The molecular weight excluding hydrogens is 520 g/mol. The van der Waals surface area contributed by atoms with E-state index in [1.807, 2.05) is 72.8 Å². The van der Waals surface area contributed by atoms with Gasteiger partial charge in [0.25, 0.3) is 5.91 Å². The number of amides is 3. The van der Waals surface area contributed by atoms with E-state index in [2.05, 4.69) is 15.6 Å². The van der Waals surface area contributed by atoms with Crippen LogP contribution >= 0.6 is 0 Å². The van der Waals surface area contributed by atoms with Crippen LogP contribution in [0.3, 0.4) is 0 Å². The van der Waals surface area contributed by atoms with E-state index in [4.69, 9.17) is 11.6 Å². The number of hydrazine groups is 1. The first kappa shape index (κ1) is 29.3. The number of nitrogens with one attached hydrogen (secondary N) is 2.